The molecule has 2 aliphatic rings. The zero-order valence-electron chi connectivity index (χ0n) is 15.9. The van der Waals surface area contributed by atoms with Crippen molar-refractivity contribution in [3.05, 3.63) is 53.6 Å². The van der Waals surface area contributed by atoms with Gasteiger partial charge in [-0.05, 0) is 68.2 Å². The molecule has 1 aliphatic carbocycles. The molecule has 4 rings (SSSR count). The summed E-state index contributed by atoms with van der Waals surface area (Å²) in [6.07, 6.45) is 8.43. The minimum atomic E-state index is 0.0629. The highest BCUT2D eigenvalue weighted by molar-refractivity contribution is 5.92. The van der Waals surface area contributed by atoms with Gasteiger partial charge in [0, 0.05) is 25.2 Å². The van der Waals surface area contributed by atoms with Crippen LogP contribution in [0, 0.1) is 5.92 Å². The van der Waals surface area contributed by atoms with Crippen LogP contribution in [0.3, 0.4) is 0 Å². The maximum absolute atomic E-state index is 12.8. The Bertz CT molecular complexity index is 778. The summed E-state index contributed by atoms with van der Waals surface area (Å²) >= 11 is 0. The van der Waals surface area contributed by atoms with Gasteiger partial charge in [-0.2, -0.15) is 0 Å². The van der Waals surface area contributed by atoms with Crippen LogP contribution >= 0.6 is 0 Å². The molecule has 1 amide bonds. The smallest absolute Gasteiger partial charge is 0.272 e. The number of carbonyl (C=O) groups excluding carboxylic acids is 1. The molecule has 1 saturated heterocycles. The largest absolute Gasteiger partial charge is 0.497 e. The Balaban J connectivity index is 1.26. The van der Waals surface area contributed by atoms with Crippen molar-refractivity contribution in [2.75, 3.05) is 20.2 Å². The van der Waals surface area contributed by atoms with Crippen LogP contribution in [0.1, 0.15) is 59.9 Å². The number of ether oxygens (including phenoxy) is 1. The molecule has 0 radical (unpaired) electrons. The number of methoxy groups -OCH3 is 1. The summed E-state index contributed by atoms with van der Waals surface area (Å²) in [5.41, 5.74) is 1.91. The number of likely N-dealkylation sites (tertiary alicyclic amines) is 1. The SMILES string of the molecule is COc1ccc(CCC2CCN(C(=O)c3ccnc(C4CC4)n3)CC2)cc1. The molecular formula is C22H27N3O2. The van der Waals surface area contributed by atoms with Crippen molar-refractivity contribution in [2.24, 2.45) is 5.92 Å². The molecule has 2 heterocycles. The van der Waals surface area contributed by atoms with E-state index in [9.17, 15) is 4.79 Å². The van der Waals surface area contributed by atoms with Crippen molar-refractivity contribution in [1.82, 2.24) is 14.9 Å². The Labute approximate surface area is 160 Å². The summed E-state index contributed by atoms with van der Waals surface area (Å²) in [4.78, 5) is 23.5. The molecule has 2 aromatic rings. The summed E-state index contributed by atoms with van der Waals surface area (Å²) < 4.78 is 5.21. The highest BCUT2D eigenvalue weighted by Gasteiger charge is 2.29. The van der Waals surface area contributed by atoms with Crippen LogP contribution in [0.25, 0.3) is 0 Å². The number of amides is 1. The number of piperidine rings is 1. The predicted octanol–water partition coefficient (Wildman–Crippen LogP) is 3.85. The number of benzene rings is 1. The van der Waals surface area contributed by atoms with Crippen molar-refractivity contribution in [3.63, 3.8) is 0 Å². The van der Waals surface area contributed by atoms with Gasteiger partial charge >= 0.3 is 0 Å². The van der Waals surface area contributed by atoms with Gasteiger partial charge in [0.25, 0.3) is 5.91 Å². The molecule has 5 heteroatoms. The van der Waals surface area contributed by atoms with E-state index in [1.54, 1.807) is 19.4 Å². The lowest BCUT2D eigenvalue weighted by atomic mass is 9.90. The van der Waals surface area contributed by atoms with Crippen LogP contribution in [-0.2, 0) is 6.42 Å². The number of nitrogens with zero attached hydrogens (tertiary/aromatic N) is 3. The zero-order chi connectivity index (χ0) is 18.6. The first-order valence-electron chi connectivity index (χ1n) is 9.98. The number of aromatic nitrogens is 2. The van der Waals surface area contributed by atoms with Crippen LogP contribution in [0.4, 0.5) is 0 Å². The van der Waals surface area contributed by atoms with Crippen molar-refractivity contribution >= 4 is 5.91 Å². The molecule has 142 valence electrons. The van der Waals surface area contributed by atoms with Crippen LogP contribution < -0.4 is 4.74 Å². The van der Waals surface area contributed by atoms with Crippen molar-refractivity contribution in [3.8, 4) is 5.75 Å². The Hall–Kier alpha value is -2.43. The topological polar surface area (TPSA) is 55.3 Å². The van der Waals surface area contributed by atoms with E-state index in [4.69, 9.17) is 4.74 Å². The van der Waals surface area contributed by atoms with E-state index >= 15 is 0 Å². The van der Waals surface area contributed by atoms with E-state index in [0.717, 1.165) is 56.8 Å². The second-order valence-electron chi connectivity index (χ2n) is 7.70. The molecule has 1 saturated carbocycles. The molecule has 27 heavy (non-hydrogen) atoms. The predicted molar refractivity (Wildman–Crippen MR) is 104 cm³/mol. The second-order valence-corrected chi connectivity index (χ2v) is 7.70. The van der Waals surface area contributed by atoms with Crippen LogP contribution in [-0.4, -0.2) is 41.0 Å². The molecule has 2 fully saturated rings. The molecule has 1 aliphatic heterocycles. The number of hydrogen-bond acceptors (Lipinski definition) is 4. The number of hydrogen-bond donors (Lipinski definition) is 0. The monoisotopic (exact) mass is 365 g/mol. The Kier molecular flexibility index (Phi) is 5.37. The molecule has 0 N–H and O–H groups in total. The average Bonchev–Trinajstić information content (AvgIpc) is 3.58. The van der Waals surface area contributed by atoms with Gasteiger partial charge < -0.3 is 9.64 Å². The second kappa shape index (κ2) is 8.07. The maximum atomic E-state index is 12.8. The Morgan fingerprint density at radius 2 is 1.85 bits per heavy atom. The van der Waals surface area contributed by atoms with Crippen molar-refractivity contribution in [1.29, 1.82) is 0 Å². The Morgan fingerprint density at radius 1 is 1.11 bits per heavy atom. The number of rotatable bonds is 6. The van der Waals surface area contributed by atoms with Gasteiger partial charge in [-0.25, -0.2) is 9.97 Å². The third-order valence-corrected chi connectivity index (χ3v) is 5.74. The van der Waals surface area contributed by atoms with Crippen LogP contribution in [0.2, 0.25) is 0 Å². The minimum Gasteiger partial charge on any atom is -0.497 e. The van der Waals surface area contributed by atoms with Crippen molar-refractivity contribution < 1.29 is 9.53 Å². The quantitative estimate of drug-likeness (QED) is 0.780. The zero-order valence-corrected chi connectivity index (χ0v) is 15.9. The van der Waals surface area contributed by atoms with Gasteiger partial charge in [0.1, 0.15) is 17.3 Å². The molecule has 0 bridgehead atoms. The minimum absolute atomic E-state index is 0.0629. The molecule has 0 spiro atoms. The van der Waals surface area contributed by atoms with Gasteiger partial charge in [-0.1, -0.05) is 12.1 Å². The molecule has 0 unspecified atom stereocenters. The van der Waals surface area contributed by atoms with E-state index in [1.807, 2.05) is 17.0 Å². The normalized spacial score (nSPS) is 17.7. The fourth-order valence-corrected chi connectivity index (χ4v) is 3.78. The third-order valence-electron chi connectivity index (χ3n) is 5.74. The fraction of sp³-hybridized carbons (Fsp3) is 0.500. The lowest BCUT2D eigenvalue weighted by Gasteiger charge is -2.32. The molecule has 0 atom stereocenters. The number of aryl methyl sites for hydroxylation is 1. The number of carbonyl (C=O) groups is 1. The Morgan fingerprint density at radius 3 is 2.52 bits per heavy atom. The molecule has 1 aromatic carbocycles. The van der Waals surface area contributed by atoms with Crippen LogP contribution in [0.5, 0.6) is 5.75 Å². The average molecular weight is 365 g/mol. The summed E-state index contributed by atoms with van der Waals surface area (Å²) in [5, 5.41) is 0. The lowest BCUT2D eigenvalue weighted by molar-refractivity contribution is 0.0680. The fourth-order valence-electron chi connectivity index (χ4n) is 3.78. The van der Waals surface area contributed by atoms with Gasteiger partial charge in [0.15, 0.2) is 0 Å². The summed E-state index contributed by atoms with van der Waals surface area (Å²) in [7, 11) is 1.69. The lowest BCUT2D eigenvalue weighted by Crippen LogP contribution is -2.39. The summed E-state index contributed by atoms with van der Waals surface area (Å²) in [6, 6.07) is 10.1. The molecular weight excluding hydrogens is 338 g/mol. The maximum Gasteiger partial charge on any atom is 0.272 e. The first-order chi connectivity index (χ1) is 13.2. The third kappa shape index (κ3) is 4.46. The molecule has 1 aromatic heterocycles. The summed E-state index contributed by atoms with van der Waals surface area (Å²) in [6.45, 7) is 1.66. The standard InChI is InChI=1S/C22H27N3O2/c1-27-19-8-4-16(5-9-19)2-3-17-11-14-25(15-12-17)22(26)20-10-13-23-21(24-20)18-6-7-18/h4-5,8-10,13,17-18H,2-3,6-7,11-12,14-15H2,1H3. The first-order valence-corrected chi connectivity index (χ1v) is 9.98. The van der Waals surface area contributed by atoms with E-state index in [2.05, 4.69) is 22.1 Å². The van der Waals surface area contributed by atoms with E-state index in [-0.39, 0.29) is 5.91 Å². The van der Waals surface area contributed by atoms with E-state index in [1.165, 1.54) is 12.0 Å². The van der Waals surface area contributed by atoms with Gasteiger partial charge in [-0.15, -0.1) is 0 Å². The van der Waals surface area contributed by atoms with E-state index < -0.39 is 0 Å². The summed E-state index contributed by atoms with van der Waals surface area (Å²) in [5.74, 6) is 2.97. The van der Waals surface area contributed by atoms with E-state index in [0.29, 0.717) is 17.5 Å². The van der Waals surface area contributed by atoms with Gasteiger partial charge in [0.05, 0.1) is 7.11 Å². The van der Waals surface area contributed by atoms with Gasteiger partial charge in [-0.3, -0.25) is 4.79 Å². The van der Waals surface area contributed by atoms with Gasteiger partial charge in [0.2, 0.25) is 0 Å². The highest BCUT2D eigenvalue weighted by atomic mass is 16.5. The first kappa shape index (κ1) is 18.0. The van der Waals surface area contributed by atoms with Crippen molar-refractivity contribution in [2.45, 2.75) is 44.4 Å². The van der Waals surface area contributed by atoms with Crippen LogP contribution in [0.15, 0.2) is 36.5 Å². The molecule has 5 nitrogen and oxygen atoms in total. The highest BCUT2D eigenvalue weighted by Crippen LogP contribution is 2.37.